The molecular weight excluding hydrogens is 396 g/mol. The highest BCUT2D eigenvalue weighted by atomic mass is 32.1. The van der Waals surface area contributed by atoms with Gasteiger partial charge >= 0.3 is 0 Å². The summed E-state index contributed by atoms with van der Waals surface area (Å²) < 4.78 is 14.2. The molecule has 30 heavy (non-hydrogen) atoms. The molecule has 1 amide bonds. The van der Waals surface area contributed by atoms with Gasteiger partial charge in [0.2, 0.25) is 0 Å². The summed E-state index contributed by atoms with van der Waals surface area (Å²) in [6.45, 7) is 4.35. The van der Waals surface area contributed by atoms with E-state index in [1.54, 1.807) is 37.5 Å². The third kappa shape index (κ3) is 4.04. The van der Waals surface area contributed by atoms with Crippen molar-refractivity contribution in [1.82, 2.24) is 4.57 Å². The predicted octanol–water partition coefficient (Wildman–Crippen LogP) is 5.43. The number of ether oxygens (including phenoxy) is 2. The van der Waals surface area contributed by atoms with Crippen molar-refractivity contribution in [1.29, 1.82) is 0 Å². The monoisotopic (exact) mass is 416 g/mol. The Balaban J connectivity index is 1.66. The van der Waals surface area contributed by atoms with Crippen LogP contribution in [0.4, 0.5) is 0 Å². The zero-order valence-electron chi connectivity index (χ0n) is 16.4. The van der Waals surface area contributed by atoms with E-state index in [2.05, 4.69) is 11.6 Å². The van der Waals surface area contributed by atoms with Crippen LogP contribution >= 0.6 is 11.3 Å². The molecule has 150 valence electrons. The first-order chi connectivity index (χ1) is 14.7. The summed E-state index contributed by atoms with van der Waals surface area (Å²) in [6, 6.07) is 22.3. The molecule has 0 unspecified atom stereocenters. The third-order valence-corrected chi connectivity index (χ3v) is 5.52. The van der Waals surface area contributed by atoms with Crippen LogP contribution in [0.1, 0.15) is 10.4 Å². The quantitative estimate of drug-likeness (QED) is 0.394. The Hall–Kier alpha value is -3.64. The molecule has 3 aromatic carbocycles. The lowest BCUT2D eigenvalue weighted by molar-refractivity contribution is 0.0998. The molecule has 0 atom stereocenters. The van der Waals surface area contributed by atoms with Crippen LogP contribution in [-0.2, 0) is 6.54 Å². The molecule has 1 heterocycles. The van der Waals surface area contributed by atoms with Crippen LogP contribution in [0.15, 0.2) is 90.4 Å². The molecule has 5 nitrogen and oxygen atoms in total. The van der Waals surface area contributed by atoms with Crippen LogP contribution in [0.2, 0.25) is 0 Å². The summed E-state index contributed by atoms with van der Waals surface area (Å²) in [7, 11) is 1.63. The number of nitrogens with zero attached hydrogens (tertiary/aromatic N) is 2. The maximum Gasteiger partial charge on any atom is 0.279 e. The molecule has 4 aromatic rings. The molecule has 1 aromatic heterocycles. The molecule has 0 N–H and O–H groups in total. The fourth-order valence-electron chi connectivity index (χ4n) is 3.09. The van der Waals surface area contributed by atoms with E-state index in [0.717, 1.165) is 21.7 Å². The first-order valence-electron chi connectivity index (χ1n) is 9.39. The average Bonchev–Trinajstić information content (AvgIpc) is 3.12. The van der Waals surface area contributed by atoms with Crippen LogP contribution in [0.25, 0.3) is 10.2 Å². The van der Waals surface area contributed by atoms with Crippen molar-refractivity contribution >= 4 is 27.5 Å². The molecule has 0 aliphatic heterocycles. The maximum atomic E-state index is 12.8. The molecule has 0 aliphatic carbocycles. The van der Waals surface area contributed by atoms with Gasteiger partial charge in [0.05, 0.1) is 11.8 Å². The standard InChI is InChI=1S/C24H20N2O3S/c1-3-16-26-22-20(28-2)10-7-11-21(22)30-24(26)25-23(27)17-12-14-19(15-13-17)29-18-8-5-4-6-9-18/h3-15H,1,16H2,2H3. The first kappa shape index (κ1) is 19.7. The highest BCUT2D eigenvalue weighted by molar-refractivity contribution is 7.16. The Kier molecular flexibility index (Phi) is 5.77. The summed E-state index contributed by atoms with van der Waals surface area (Å²) in [5.41, 5.74) is 1.40. The second kappa shape index (κ2) is 8.80. The van der Waals surface area contributed by atoms with Gasteiger partial charge in [-0.25, -0.2) is 0 Å². The summed E-state index contributed by atoms with van der Waals surface area (Å²) >= 11 is 1.44. The molecule has 0 bridgehead atoms. The Labute approximate surface area is 178 Å². The molecule has 6 heteroatoms. The molecule has 4 rings (SSSR count). The lowest BCUT2D eigenvalue weighted by atomic mass is 10.2. The number of para-hydroxylation sites is 2. The number of allylic oxidation sites excluding steroid dienone is 1. The number of hydrogen-bond donors (Lipinski definition) is 0. The number of amides is 1. The fourth-order valence-corrected chi connectivity index (χ4v) is 4.14. The minimum atomic E-state index is -0.315. The number of carbonyl (C=O) groups is 1. The minimum absolute atomic E-state index is 0.315. The Morgan fingerprint density at radius 2 is 1.77 bits per heavy atom. The van der Waals surface area contributed by atoms with Crippen LogP contribution in [0.3, 0.4) is 0 Å². The predicted molar refractivity (Wildman–Crippen MR) is 119 cm³/mol. The first-order valence-corrected chi connectivity index (χ1v) is 10.2. The summed E-state index contributed by atoms with van der Waals surface area (Å²) in [4.78, 5) is 17.8. The summed E-state index contributed by atoms with van der Waals surface area (Å²) in [5, 5.41) is 0. The van der Waals surface area contributed by atoms with Crippen molar-refractivity contribution in [3.63, 3.8) is 0 Å². The van der Waals surface area contributed by atoms with Gasteiger partial charge in [0, 0.05) is 12.1 Å². The highest BCUT2D eigenvalue weighted by Crippen LogP contribution is 2.27. The minimum Gasteiger partial charge on any atom is -0.495 e. The van der Waals surface area contributed by atoms with Crippen LogP contribution in [-0.4, -0.2) is 17.6 Å². The molecule has 0 saturated carbocycles. The molecule has 0 spiro atoms. The Bertz CT molecular complexity index is 1260. The van der Waals surface area contributed by atoms with Gasteiger partial charge in [-0.3, -0.25) is 4.79 Å². The van der Waals surface area contributed by atoms with Gasteiger partial charge < -0.3 is 14.0 Å². The van der Waals surface area contributed by atoms with Crippen molar-refractivity contribution < 1.29 is 14.3 Å². The number of thiazole rings is 1. The average molecular weight is 417 g/mol. The molecule has 0 aliphatic rings. The summed E-state index contributed by atoms with van der Waals surface area (Å²) in [5.74, 6) is 1.82. The van der Waals surface area contributed by atoms with E-state index in [-0.39, 0.29) is 5.91 Å². The van der Waals surface area contributed by atoms with Crippen LogP contribution in [0.5, 0.6) is 17.2 Å². The van der Waals surface area contributed by atoms with E-state index in [1.807, 2.05) is 53.1 Å². The van der Waals surface area contributed by atoms with E-state index < -0.39 is 0 Å². The van der Waals surface area contributed by atoms with Gasteiger partial charge in [0.25, 0.3) is 5.91 Å². The lowest BCUT2D eigenvalue weighted by Crippen LogP contribution is -2.16. The van der Waals surface area contributed by atoms with Crippen molar-refractivity contribution in [3.8, 4) is 17.2 Å². The number of carbonyl (C=O) groups excluding carboxylic acids is 1. The topological polar surface area (TPSA) is 52.8 Å². The van der Waals surface area contributed by atoms with Gasteiger partial charge in [-0.1, -0.05) is 41.7 Å². The number of hydrogen-bond acceptors (Lipinski definition) is 4. The number of benzene rings is 3. The van der Waals surface area contributed by atoms with E-state index in [9.17, 15) is 4.79 Å². The van der Waals surface area contributed by atoms with E-state index >= 15 is 0 Å². The number of fused-ring (bicyclic) bond motifs is 1. The zero-order chi connectivity index (χ0) is 20.9. The molecular formula is C24H20N2O3S. The van der Waals surface area contributed by atoms with Gasteiger partial charge in [0.1, 0.15) is 22.8 Å². The van der Waals surface area contributed by atoms with Gasteiger partial charge in [-0.05, 0) is 48.5 Å². The highest BCUT2D eigenvalue weighted by Gasteiger charge is 2.12. The molecule has 0 saturated heterocycles. The second-order valence-corrected chi connectivity index (χ2v) is 7.46. The van der Waals surface area contributed by atoms with E-state index in [4.69, 9.17) is 9.47 Å². The number of aromatic nitrogens is 1. The molecule has 0 fully saturated rings. The van der Waals surface area contributed by atoms with Crippen molar-refractivity contribution in [2.24, 2.45) is 4.99 Å². The maximum absolute atomic E-state index is 12.8. The van der Waals surface area contributed by atoms with Crippen LogP contribution in [0, 0.1) is 0 Å². The SMILES string of the molecule is C=CCn1c(=NC(=O)c2ccc(Oc3ccccc3)cc2)sc2cccc(OC)c21. The van der Waals surface area contributed by atoms with E-state index in [0.29, 0.717) is 22.7 Å². The van der Waals surface area contributed by atoms with Gasteiger partial charge in [-0.15, -0.1) is 6.58 Å². The lowest BCUT2D eigenvalue weighted by Gasteiger charge is -2.06. The normalized spacial score (nSPS) is 11.4. The van der Waals surface area contributed by atoms with Gasteiger partial charge in [-0.2, -0.15) is 4.99 Å². The largest absolute Gasteiger partial charge is 0.495 e. The van der Waals surface area contributed by atoms with Crippen molar-refractivity contribution in [3.05, 3.63) is 95.8 Å². The Morgan fingerprint density at radius 3 is 2.47 bits per heavy atom. The number of rotatable bonds is 6. The van der Waals surface area contributed by atoms with Gasteiger partial charge in [0.15, 0.2) is 4.80 Å². The summed E-state index contributed by atoms with van der Waals surface area (Å²) in [6.07, 6.45) is 1.78. The second-order valence-electron chi connectivity index (χ2n) is 6.45. The van der Waals surface area contributed by atoms with E-state index in [1.165, 1.54) is 11.3 Å². The van der Waals surface area contributed by atoms with Crippen molar-refractivity contribution in [2.75, 3.05) is 7.11 Å². The molecule has 0 radical (unpaired) electrons. The third-order valence-electron chi connectivity index (χ3n) is 4.47. The zero-order valence-corrected chi connectivity index (χ0v) is 17.3. The van der Waals surface area contributed by atoms with Crippen molar-refractivity contribution in [2.45, 2.75) is 6.54 Å². The smallest absolute Gasteiger partial charge is 0.279 e. The number of methoxy groups -OCH3 is 1. The Morgan fingerprint density at radius 1 is 1.03 bits per heavy atom. The fraction of sp³-hybridized carbons (Fsp3) is 0.0833. The van der Waals surface area contributed by atoms with Crippen LogP contribution < -0.4 is 14.3 Å².